The average Bonchev–Trinajstić information content (AvgIpc) is 2.77. The van der Waals surface area contributed by atoms with Crippen LogP contribution in [0.2, 0.25) is 0 Å². The molecule has 0 fully saturated rings. The van der Waals surface area contributed by atoms with Gasteiger partial charge in [0.05, 0.1) is 30.8 Å². The molecule has 0 aliphatic carbocycles. The monoisotopic (exact) mass is 402 g/mol. The summed E-state index contributed by atoms with van der Waals surface area (Å²) in [5, 5.41) is 0.456. The van der Waals surface area contributed by atoms with Gasteiger partial charge in [0.25, 0.3) is 5.56 Å². The minimum Gasteiger partial charge on any atom is -0.493 e. The fourth-order valence-electron chi connectivity index (χ4n) is 3.33. The summed E-state index contributed by atoms with van der Waals surface area (Å²) in [6, 6.07) is 18.5. The molecule has 0 unspecified atom stereocenters. The zero-order valence-electron chi connectivity index (χ0n) is 16.5. The zero-order chi connectivity index (χ0) is 21.1. The van der Waals surface area contributed by atoms with Gasteiger partial charge in [-0.05, 0) is 48.6 Å². The summed E-state index contributed by atoms with van der Waals surface area (Å²) in [6.45, 7) is 0. The summed E-state index contributed by atoms with van der Waals surface area (Å²) in [7, 11) is 3.13. The molecule has 150 valence electrons. The van der Waals surface area contributed by atoms with Crippen LogP contribution in [-0.4, -0.2) is 23.8 Å². The molecule has 0 amide bonds. The van der Waals surface area contributed by atoms with Crippen molar-refractivity contribution in [1.82, 2.24) is 9.55 Å². The Bertz CT molecular complexity index is 1310. The quantitative estimate of drug-likeness (QED) is 0.485. The number of aromatic nitrogens is 2. The number of hydrogen-bond acceptors (Lipinski definition) is 4. The molecule has 0 saturated heterocycles. The number of para-hydroxylation sites is 2. The van der Waals surface area contributed by atoms with Crippen LogP contribution in [0.5, 0.6) is 11.5 Å². The minimum atomic E-state index is -0.433. The Morgan fingerprint density at radius 2 is 1.73 bits per heavy atom. The van der Waals surface area contributed by atoms with E-state index in [1.165, 1.54) is 16.7 Å². The third-order valence-corrected chi connectivity index (χ3v) is 4.71. The molecule has 0 spiro atoms. The predicted octanol–water partition coefficient (Wildman–Crippen LogP) is 4.71. The number of fused-ring (bicyclic) bond motifs is 1. The van der Waals surface area contributed by atoms with Crippen molar-refractivity contribution >= 4 is 23.1 Å². The second kappa shape index (κ2) is 8.21. The normalized spacial score (nSPS) is 11.2. The van der Waals surface area contributed by atoms with Gasteiger partial charge in [-0.1, -0.05) is 30.3 Å². The lowest BCUT2D eigenvalue weighted by atomic mass is 10.1. The summed E-state index contributed by atoms with van der Waals surface area (Å²) < 4.78 is 26.1. The number of ether oxygens (including phenoxy) is 2. The summed E-state index contributed by atoms with van der Waals surface area (Å²) in [6.07, 6.45) is 3.49. The SMILES string of the molecule is COc1cccc(/C=C/c2nc3ccccc3c(=O)n2-c2cccc(F)c2)c1OC. The Kier molecular flexibility index (Phi) is 5.30. The van der Waals surface area contributed by atoms with E-state index in [4.69, 9.17) is 9.47 Å². The molecular formula is C24H19FN2O3. The van der Waals surface area contributed by atoms with Crippen LogP contribution >= 0.6 is 0 Å². The van der Waals surface area contributed by atoms with E-state index in [2.05, 4.69) is 4.98 Å². The van der Waals surface area contributed by atoms with Gasteiger partial charge >= 0.3 is 0 Å². The van der Waals surface area contributed by atoms with Gasteiger partial charge in [0.1, 0.15) is 11.6 Å². The van der Waals surface area contributed by atoms with Gasteiger partial charge in [-0.25, -0.2) is 9.37 Å². The molecule has 0 N–H and O–H groups in total. The highest BCUT2D eigenvalue weighted by Gasteiger charge is 2.12. The molecule has 0 aliphatic rings. The van der Waals surface area contributed by atoms with Crippen molar-refractivity contribution in [3.8, 4) is 17.2 Å². The van der Waals surface area contributed by atoms with Gasteiger partial charge in [-0.15, -0.1) is 0 Å². The second-order valence-electron chi connectivity index (χ2n) is 6.52. The van der Waals surface area contributed by atoms with E-state index < -0.39 is 5.82 Å². The number of nitrogens with zero attached hydrogens (tertiary/aromatic N) is 2. The maximum absolute atomic E-state index is 13.9. The number of hydrogen-bond donors (Lipinski definition) is 0. The number of benzene rings is 3. The van der Waals surface area contributed by atoms with Crippen LogP contribution in [0.15, 0.2) is 71.5 Å². The predicted molar refractivity (Wildman–Crippen MR) is 116 cm³/mol. The standard InChI is InChI=1S/C24H19FN2O3/c1-29-21-12-5-7-16(23(21)30-2)13-14-22-26-20-11-4-3-10-19(20)24(28)27(22)18-9-6-8-17(25)15-18/h3-15H,1-2H3/b14-13+. The highest BCUT2D eigenvalue weighted by molar-refractivity contribution is 5.80. The third kappa shape index (κ3) is 3.55. The topological polar surface area (TPSA) is 53.3 Å². The van der Waals surface area contributed by atoms with Gasteiger partial charge in [0.15, 0.2) is 11.5 Å². The van der Waals surface area contributed by atoms with E-state index in [9.17, 15) is 9.18 Å². The van der Waals surface area contributed by atoms with Crippen LogP contribution in [0.4, 0.5) is 4.39 Å². The average molecular weight is 402 g/mol. The Balaban J connectivity index is 1.94. The molecular weight excluding hydrogens is 383 g/mol. The van der Waals surface area contributed by atoms with Crippen LogP contribution in [-0.2, 0) is 0 Å². The fraction of sp³-hybridized carbons (Fsp3) is 0.0833. The fourth-order valence-corrected chi connectivity index (χ4v) is 3.33. The Morgan fingerprint density at radius 1 is 0.933 bits per heavy atom. The Labute approximate surface area is 172 Å². The lowest BCUT2D eigenvalue weighted by molar-refractivity contribution is 0.354. The third-order valence-electron chi connectivity index (χ3n) is 4.71. The molecule has 4 aromatic rings. The van der Waals surface area contributed by atoms with Crippen LogP contribution in [0.25, 0.3) is 28.7 Å². The van der Waals surface area contributed by atoms with Crippen molar-refractivity contribution in [3.63, 3.8) is 0 Å². The van der Waals surface area contributed by atoms with Crippen LogP contribution < -0.4 is 15.0 Å². The van der Waals surface area contributed by atoms with Gasteiger partial charge < -0.3 is 9.47 Å². The maximum atomic E-state index is 13.9. The lowest BCUT2D eigenvalue weighted by Crippen LogP contribution is -2.22. The summed E-state index contributed by atoms with van der Waals surface area (Å²) in [4.78, 5) is 17.9. The maximum Gasteiger partial charge on any atom is 0.266 e. The van der Waals surface area contributed by atoms with E-state index >= 15 is 0 Å². The first kappa shape index (κ1) is 19.4. The first-order valence-electron chi connectivity index (χ1n) is 9.29. The molecule has 5 nitrogen and oxygen atoms in total. The van der Waals surface area contributed by atoms with E-state index in [0.29, 0.717) is 33.9 Å². The molecule has 0 saturated carbocycles. The molecule has 3 aromatic carbocycles. The molecule has 4 rings (SSSR count). The Morgan fingerprint density at radius 3 is 2.50 bits per heavy atom. The molecule has 0 aliphatic heterocycles. The Hall–Kier alpha value is -3.93. The number of methoxy groups -OCH3 is 2. The van der Waals surface area contributed by atoms with Crippen LogP contribution in [0, 0.1) is 5.82 Å². The van der Waals surface area contributed by atoms with Crippen molar-refractivity contribution in [2.45, 2.75) is 0 Å². The van der Waals surface area contributed by atoms with Crippen molar-refractivity contribution in [2.24, 2.45) is 0 Å². The summed E-state index contributed by atoms with van der Waals surface area (Å²) in [5.74, 6) is 1.09. The van der Waals surface area contributed by atoms with E-state index in [0.717, 1.165) is 5.56 Å². The van der Waals surface area contributed by atoms with Gasteiger partial charge in [-0.3, -0.25) is 9.36 Å². The summed E-state index contributed by atoms with van der Waals surface area (Å²) >= 11 is 0. The number of halogens is 1. The highest BCUT2D eigenvalue weighted by atomic mass is 19.1. The van der Waals surface area contributed by atoms with Gasteiger partial charge in [-0.2, -0.15) is 0 Å². The molecule has 1 heterocycles. The van der Waals surface area contributed by atoms with E-state index in [1.807, 2.05) is 18.2 Å². The smallest absolute Gasteiger partial charge is 0.266 e. The van der Waals surface area contributed by atoms with Crippen LogP contribution in [0.3, 0.4) is 0 Å². The summed E-state index contributed by atoms with van der Waals surface area (Å²) in [5.41, 5.74) is 1.44. The molecule has 0 bridgehead atoms. The van der Waals surface area contributed by atoms with Crippen molar-refractivity contribution in [3.05, 3.63) is 94.3 Å². The van der Waals surface area contributed by atoms with Crippen molar-refractivity contribution < 1.29 is 13.9 Å². The molecule has 0 radical (unpaired) electrons. The highest BCUT2D eigenvalue weighted by Crippen LogP contribution is 2.32. The number of rotatable bonds is 5. The first-order valence-corrected chi connectivity index (χ1v) is 9.29. The van der Waals surface area contributed by atoms with E-state index in [1.54, 1.807) is 62.8 Å². The molecule has 6 heteroatoms. The van der Waals surface area contributed by atoms with Gasteiger partial charge in [0, 0.05) is 5.56 Å². The second-order valence-corrected chi connectivity index (χ2v) is 6.52. The largest absolute Gasteiger partial charge is 0.493 e. The minimum absolute atomic E-state index is 0.275. The molecule has 30 heavy (non-hydrogen) atoms. The lowest BCUT2D eigenvalue weighted by Gasteiger charge is -2.12. The van der Waals surface area contributed by atoms with Crippen LogP contribution in [0.1, 0.15) is 11.4 Å². The van der Waals surface area contributed by atoms with E-state index in [-0.39, 0.29) is 5.56 Å². The van der Waals surface area contributed by atoms with Gasteiger partial charge in [0.2, 0.25) is 0 Å². The molecule has 0 atom stereocenters. The van der Waals surface area contributed by atoms with Crippen molar-refractivity contribution in [2.75, 3.05) is 14.2 Å². The first-order chi connectivity index (χ1) is 14.6. The zero-order valence-corrected chi connectivity index (χ0v) is 16.5. The van der Waals surface area contributed by atoms with Crippen molar-refractivity contribution in [1.29, 1.82) is 0 Å². The molecule has 1 aromatic heterocycles.